The van der Waals surface area contributed by atoms with Crippen molar-refractivity contribution in [2.45, 2.75) is 69.3 Å². The summed E-state index contributed by atoms with van der Waals surface area (Å²) < 4.78 is 26.3. The number of hydrogen-bond donors (Lipinski definition) is 2. The van der Waals surface area contributed by atoms with Crippen LogP contribution in [0.3, 0.4) is 0 Å². The van der Waals surface area contributed by atoms with Crippen LogP contribution in [0.15, 0.2) is 120 Å². The molecule has 346 valence electrons. The summed E-state index contributed by atoms with van der Waals surface area (Å²) in [5.74, 6) is -1.32. The first-order valence-electron chi connectivity index (χ1n) is 21.9. The minimum Gasteiger partial charge on any atom is -0.459 e. The van der Waals surface area contributed by atoms with E-state index in [0.717, 1.165) is 23.8 Å². The molecule has 0 bridgehead atoms. The molecule has 1 heterocycles. The normalized spacial score (nSPS) is 22.1. The Hall–Kier alpha value is -6.95. The Bertz CT molecular complexity index is 2460. The van der Waals surface area contributed by atoms with Crippen molar-refractivity contribution >= 4 is 29.5 Å². The van der Waals surface area contributed by atoms with E-state index in [2.05, 4.69) is 12.7 Å². The van der Waals surface area contributed by atoms with E-state index >= 15 is 0 Å². The number of allylic oxidation sites excluding steroid dienone is 1. The molecule has 1 amide bonds. The molecular formula is C49H52N4O13. The van der Waals surface area contributed by atoms with Gasteiger partial charge in [-0.3, -0.25) is 25.0 Å². The van der Waals surface area contributed by atoms with Crippen LogP contribution >= 0.6 is 0 Å². The molecule has 0 radical (unpaired) electrons. The lowest BCUT2D eigenvalue weighted by molar-refractivity contribution is -0.385. The van der Waals surface area contributed by atoms with E-state index in [4.69, 9.17) is 28.9 Å². The highest BCUT2D eigenvalue weighted by atomic mass is 16.7. The number of oxime groups is 1. The molecule has 4 aromatic rings. The monoisotopic (exact) mass is 904 g/mol. The zero-order chi connectivity index (χ0) is 46.8. The molecule has 7 rings (SSSR count). The average molecular weight is 905 g/mol. The van der Waals surface area contributed by atoms with Crippen molar-refractivity contribution in [2.75, 3.05) is 26.9 Å². The van der Waals surface area contributed by atoms with Crippen LogP contribution in [0.4, 0.5) is 16.2 Å². The number of fused-ring (bicyclic) bond motifs is 2. The van der Waals surface area contributed by atoms with E-state index in [1.807, 2.05) is 6.07 Å². The van der Waals surface area contributed by atoms with Crippen molar-refractivity contribution in [3.8, 4) is 23.0 Å². The number of unbranched alkanes of at least 4 members (excludes halogenated alkanes) is 2. The number of carbonyl (C=O) groups excluding carboxylic acids is 2. The number of benzene rings is 4. The van der Waals surface area contributed by atoms with Crippen molar-refractivity contribution in [1.82, 2.24) is 4.90 Å². The maximum absolute atomic E-state index is 14.3. The van der Waals surface area contributed by atoms with Crippen LogP contribution in [0, 0.1) is 38.0 Å². The van der Waals surface area contributed by atoms with Crippen LogP contribution < -0.4 is 14.2 Å². The molecule has 0 aromatic heterocycles. The highest BCUT2D eigenvalue weighted by Gasteiger charge is 2.65. The van der Waals surface area contributed by atoms with Gasteiger partial charge in [-0.2, -0.15) is 0 Å². The van der Waals surface area contributed by atoms with E-state index in [9.17, 15) is 40.0 Å². The van der Waals surface area contributed by atoms with E-state index in [1.54, 1.807) is 61.7 Å². The van der Waals surface area contributed by atoms with Gasteiger partial charge in [0.2, 0.25) is 5.79 Å². The van der Waals surface area contributed by atoms with Crippen LogP contribution in [-0.4, -0.2) is 81.7 Å². The average Bonchev–Trinajstić information content (AvgIpc) is 3.32. The predicted molar refractivity (Wildman–Crippen MR) is 242 cm³/mol. The first-order chi connectivity index (χ1) is 32.0. The third-order valence-corrected chi connectivity index (χ3v) is 12.4. The number of nitro groups is 2. The molecule has 1 aliphatic heterocycles. The third-order valence-electron chi connectivity index (χ3n) is 12.4. The zero-order valence-electron chi connectivity index (χ0n) is 36.4. The lowest BCUT2D eigenvalue weighted by atomic mass is 9.55. The molecule has 66 heavy (non-hydrogen) atoms. The lowest BCUT2D eigenvalue weighted by Crippen LogP contribution is -2.69. The molecule has 0 saturated heterocycles. The van der Waals surface area contributed by atoms with Gasteiger partial charge < -0.3 is 38.9 Å². The standard InChI is InChI=1S/C49H52N4O13/c1-3-25-62-49-45(51(2)48(57)65-37-19-17-36(18-20-37)53(60)61)29-43(50-63-31-32-13-15-35(16-14-32)52(58)59)41-27-34(10-4-6-23-54)40(12-5-7-24-55)46(47(41)49)42-28-39(21-22-44(42)66-49)64-38-11-8-9-33(26-38)30-56/h3,8-9,11,13-22,26-28,30,34,40,45-47,54-55H,1,4-7,10,12,23-25,29,31H2,2H3/t34-,40+,45-,46+,47+,49+/m0/s1. The Morgan fingerprint density at radius 2 is 1.58 bits per heavy atom. The zero-order valence-corrected chi connectivity index (χ0v) is 36.4. The minimum absolute atomic E-state index is 0.00759. The van der Waals surface area contributed by atoms with Gasteiger partial charge in [-0.1, -0.05) is 42.3 Å². The Morgan fingerprint density at radius 1 is 0.909 bits per heavy atom. The van der Waals surface area contributed by atoms with Gasteiger partial charge in [-0.25, -0.2) is 4.79 Å². The van der Waals surface area contributed by atoms with Crippen molar-refractivity contribution in [1.29, 1.82) is 0 Å². The molecule has 17 heteroatoms. The molecule has 2 N–H and O–H groups in total. The number of aliphatic hydroxyl groups is 2. The molecule has 17 nitrogen and oxygen atoms in total. The molecule has 2 aliphatic carbocycles. The molecule has 3 aliphatic rings. The fourth-order valence-electron chi connectivity index (χ4n) is 9.41. The highest BCUT2D eigenvalue weighted by molar-refractivity contribution is 6.03. The summed E-state index contributed by atoms with van der Waals surface area (Å²) in [6.07, 6.45) is 7.73. The van der Waals surface area contributed by atoms with Crippen molar-refractivity contribution < 1.29 is 53.4 Å². The second kappa shape index (κ2) is 21.4. The van der Waals surface area contributed by atoms with Gasteiger partial charge in [0, 0.05) is 68.0 Å². The summed E-state index contributed by atoms with van der Waals surface area (Å²) in [4.78, 5) is 55.1. The first kappa shape index (κ1) is 47.0. The Balaban J connectivity index is 1.39. The summed E-state index contributed by atoms with van der Waals surface area (Å²) in [5, 5.41) is 47.3. The predicted octanol–water partition coefficient (Wildman–Crippen LogP) is 9.07. The van der Waals surface area contributed by atoms with Gasteiger partial charge >= 0.3 is 6.09 Å². The molecule has 4 aromatic carbocycles. The van der Waals surface area contributed by atoms with Crippen LogP contribution in [0.1, 0.15) is 72.3 Å². The second-order valence-electron chi connectivity index (χ2n) is 16.5. The van der Waals surface area contributed by atoms with Gasteiger partial charge in [-0.15, -0.1) is 6.58 Å². The summed E-state index contributed by atoms with van der Waals surface area (Å²) in [6.45, 7) is 3.97. The number of amides is 1. The number of nitrogens with zero attached hydrogens (tertiary/aromatic N) is 4. The van der Waals surface area contributed by atoms with Crippen LogP contribution in [0.5, 0.6) is 23.0 Å². The van der Waals surface area contributed by atoms with E-state index in [1.165, 1.54) is 41.3 Å². The number of nitro benzene ring substituents is 2. The van der Waals surface area contributed by atoms with Crippen LogP contribution in [0.25, 0.3) is 0 Å². The van der Waals surface area contributed by atoms with E-state index < -0.39 is 33.7 Å². The summed E-state index contributed by atoms with van der Waals surface area (Å²) in [6, 6.07) is 22.4. The van der Waals surface area contributed by atoms with Gasteiger partial charge in [-0.05, 0) is 103 Å². The van der Waals surface area contributed by atoms with Gasteiger partial charge in [0.1, 0.15) is 41.9 Å². The largest absolute Gasteiger partial charge is 0.459 e. The number of ether oxygens (including phenoxy) is 4. The maximum Gasteiger partial charge on any atom is 0.415 e. The quantitative estimate of drug-likeness (QED) is 0.0262. The topological polar surface area (TPSA) is 223 Å². The SMILES string of the molecule is C=CCO[C@@]12Oc3ccc(Oc4cccc(C=O)c4)cc3[C@H]3[C@H](CCCCO)[C@@H](CCCCO)C=C(C(=NOCc4ccc([N+](=O)[O-])cc4)C[C@@H]1N(C)C(=O)Oc1ccc([N+](=O)[O-])cc1)[C@H]32. The third kappa shape index (κ3) is 10.3. The van der Waals surface area contributed by atoms with E-state index in [-0.39, 0.29) is 67.7 Å². The Kier molecular flexibility index (Phi) is 15.2. The first-order valence-corrected chi connectivity index (χ1v) is 21.9. The number of hydrogen-bond acceptors (Lipinski definition) is 14. The molecule has 1 fully saturated rings. The highest BCUT2D eigenvalue weighted by Crippen LogP contribution is 2.62. The number of rotatable bonds is 21. The van der Waals surface area contributed by atoms with Crippen molar-refractivity contribution in [3.63, 3.8) is 0 Å². The molecule has 1 saturated carbocycles. The van der Waals surface area contributed by atoms with Gasteiger partial charge in [0.25, 0.3) is 11.4 Å². The second-order valence-corrected chi connectivity index (χ2v) is 16.5. The smallest absolute Gasteiger partial charge is 0.415 e. The summed E-state index contributed by atoms with van der Waals surface area (Å²) in [7, 11) is 1.55. The summed E-state index contributed by atoms with van der Waals surface area (Å²) >= 11 is 0. The number of non-ortho nitro benzene ring substituents is 2. The maximum atomic E-state index is 14.3. The van der Waals surface area contributed by atoms with Crippen molar-refractivity contribution in [2.24, 2.45) is 22.9 Å². The minimum atomic E-state index is -1.61. The number of carbonyl (C=O) groups is 2. The number of aldehydes is 1. The fourth-order valence-corrected chi connectivity index (χ4v) is 9.41. The molecule has 6 atom stereocenters. The van der Waals surface area contributed by atoms with Crippen LogP contribution in [-0.2, 0) is 16.2 Å². The molecular weight excluding hydrogens is 853 g/mol. The molecule has 0 spiro atoms. The van der Waals surface area contributed by atoms with E-state index in [0.29, 0.717) is 66.2 Å². The van der Waals surface area contributed by atoms with Crippen molar-refractivity contribution in [3.05, 3.63) is 152 Å². The number of likely N-dealkylation sites (N-methyl/N-ethyl adjacent to an activating group) is 1. The van der Waals surface area contributed by atoms with Crippen LogP contribution in [0.2, 0.25) is 0 Å². The summed E-state index contributed by atoms with van der Waals surface area (Å²) in [5.41, 5.74) is 2.90. The molecule has 0 unspecified atom stereocenters. The van der Waals surface area contributed by atoms with Gasteiger partial charge in [0.05, 0.1) is 28.1 Å². The van der Waals surface area contributed by atoms with Gasteiger partial charge in [0.15, 0.2) is 0 Å². The fraction of sp³-hybridized carbons (Fsp3) is 0.367. The Labute approximate surface area is 381 Å². The number of aliphatic hydroxyl groups excluding tert-OH is 2. The Morgan fingerprint density at radius 3 is 2.24 bits per heavy atom. The lowest BCUT2D eigenvalue weighted by Gasteiger charge is -2.59.